The minimum Gasteiger partial charge on any atom is -0.312 e. The van der Waals surface area contributed by atoms with Gasteiger partial charge in [0.25, 0.3) is 5.91 Å². The Morgan fingerprint density at radius 1 is 0.941 bits per heavy atom. The molecule has 0 aliphatic heterocycles. The molecule has 2 aromatic heterocycles. The topological polar surface area (TPSA) is 64.7 Å². The Balaban J connectivity index is 1.50. The van der Waals surface area contributed by atoms with Gasteiger partial charge in [0.1, 0.15) is 17.3 Å². The van der Waals surface area contributed by atoms with Crippen LogP contribution in [0.1, 0.15) is 21.7 Å². The van der Waals surface area contributed by atoms with Crippen molar-refractivity contribution in [3.63, 3.8) is 0 Å². The number of halogens is 1. The van der Waals surface area contributed by atoms with Crippen LogP contribution in [0.15, 0.2) is 97.3 Å². The molecular formula is C27H22FN5O. The van der Waals surface area contributed by atoms with Gasteiger partial charge in [0.15, 0.2) is 5.69 Å². The van der Waals surface area contributed by atoms with Crippen LogP contribution in [0.2, 0.25) is 0 Å². The van der Waals surface area contributed by atoms with Gasteiger partial charge in [-0.25, -0.2) is 14.1 Å². The number of anilines is 1. The van der Waals surface area contributed by atoms with Gasteiger partial charge >= 0.3 is 0 Å². The van der Waals surface area contributed by atoms with Crippen LogP contribution >= 0.6 is 0 Å². The van der Waals surface area contributed by atoms with Crippen LogP contribution in [0.4, 0.5) is 10.2 Å². The highest BCUT2D eigenvalue weighted by Gasteiger charge is 2.20. The van der Waals surface area contributed by atoms with Crippen LogP contribution in [-0.4, -0.2) is 25.2 Å². The van der Waals surface area contributed by atoms with Gasteiger partial charge in [-0.05, 0) is 55.0 Å². The quantitative estimate of drug-likeness (QED) is 0.372. The van der Waals surface area contributed by atoms with E-state index in [2.05, 4.69) is 15.4 Å². The summed E-state index contributed by atoms with van der Waals surface area (Å²) in [4.78, 5) is 17.8. The van der Waals surface area contributed by atoms with Gasteiger partial charge in [-0.15, -0.1) is 0 Å². The summed E-state index contributed by atoms with van der Waals surface area (Å²) in [7, 11) is 0. The minimum absolute atomic E-state index is 0.291. The fourth-order valence-electron chi connectivity index (χ4n) is 3.82. The zero-order valence-electron chi connectivity index (χ0n) is 18.5. The van der Waals surface area contributed by atoms with Crippen LogP contribution < -0.4 is 5.32 Å². The third-order valence-corrected chi connectivity index (χ3v) is 5.50. The Bertz CT molecular complexity index is 1420. The number of rotatable bonds is 6. The van der Waals surface area contributed by atoms with Crippen molar-refractivity contribution < 1.29 is 9.18 Å². The molecule has 0 spiro atoms. The fourth-order valence-corrected chi connectivity index (χ4v) is 3.82. The van der Waals surface area contributed by atoms with E-state index in [9.17, 15) is 9.18 Å². The molecule has 0 unspecified atom stereocenters. The molecule has 0 saturated heterocycles. The van der Waals surface area contributed by atoms with E-state index in [1.165, 1.54) is 12.1 Å². The lowest BCUT2D eigenvalue weighted by atomic mass is 10.1. The standard InChI is InChI=1S/C27H22FN5O/c1-19-16-24(31-33(19)23-10-6-3-7-11-23)27(34)30-26-25(21-12-14-22(28)15-13-21)29-18-32(26)17-20-8-4-2-5-9-20/h2-16,18H,17H2,1H3,(H,30,34). The van der Waals surface area contributed by atoms with E-state index >= 15 is 0 Å². The van der Waals surface area contributed by atoms with Gasteiger partial charge in [0.05, 0.1) is 18.6 Å². The average Bonchev–Trinajstić information content (AvgIpc) is 3.44. The molecule has 3 aromatic carbocycles. The number of nitrogens with one attached hydrogen (secondary N) is 1. The van der Waals surface area contributed by atoms with Gasteiger partial charge < -0.3 is 9.88 Å². The molecule has 0 radical (unpaired) electrons. The third-order valence-electron chi connectivity index (χ3n) is 5.50. The Labute approximate surface area is 196 Å². The van der Waals surface area contributed by atoms with Crippen LogP contribution in [-0.2, 0) is 6.54 Å². The molecule has 34 heavy (non-hydrogen) atoms. The number of hydrogen-bond donors (Lipinski definition) is 1. The molecule has 0 saturated carbocycles. The first-order valence-electron chi connectivity index (χ1n) is 10.9. The van der Waals surface area contributed by atoms with E-state index in [1.807, 2.05) is 72.2 Å². The number of aryl methyl sites for hydroxylation is 1. The lowest BCUT2D eigenvalue weighted by molar-refractivity contribution is 0.102. The largest absolute Gasteiger partial charge is 0.312 e. The predicted molar refractivity (Wildman–Crippen MR) is 129 cm³/mol. The maximum Gasteiger partial charge on any atom is 0.277 e. The number of aromatic nitrogens is 4. The molecule has 7 heteroatoms. The SMILES string of the molecule is Cc1cc(C(=O)Nc2c(-c3ccc(F)cc3)ncn2Cc2ccccc2)nn1-c1ccccc1. The predicted octanol–water partition coefficient (Wildman–Crippen LogP) is 5.48. The number of benzene rings is 3. The average molecular weight is 452 g/mol. The molecule has 0 aliphatic rings. The fraction of sp³-hybridized carbons (Fsp3) is 0.0741. The van der Waals surface area contributed by atoms with Crippen molar-refractivity contribution in [3.8, 4) is 16.9 Å². The molecule has 0 fully saturated rings. The van der Waals surface area contributed by atoms with Crippen molar-refractivity contribution in [1.29, 1.82) is 0 Å². The van der Waals surface area contributed by atoms with Crippen molar-refractivity contribution in [2.75, 3.05) is 5.32 Å². The highest BCUT2D eigenvalue weighted by Crippen LogP contribution is 2.28. The zero-order valence-corrected chi connectivity index (χ0v) is 18.5. The second-order valence-corrected chi connectivity index (χ2v) is 7.93. The highest BCUT2D eigenvalue weighted by atomic mass is 19.1. The molecule has 1 amide bonds. The summed E-state index contributed by atoms with van der Waals surface area (Å²) >= 11 is 0. The summed E-state index contributed by atoms with van der Waals surface area (Å²) in [6.45, 7) is 2.42. The number of carbonyl (C=O) groups excluding carboxylic acids is 1. The lowest BCUT2D eigenvalue weighted by Crippen LogP contribution is -2.17. The Morgan fingerprint density at radius 3 is 2.32 bits per heavy atom. The first-order chi connectivity index (χ1) is 16.6. The number of hydrogen-bond acceptors (Lipinski definition) is 3. The Morgan fingerprint density at radius 2 is 1.62 bits per heavy atom. The molecule has 0 aliphatic carbocycles. The van der Waals surface area contributed by atoms with Crippen LogP contribution in [0, 0.1) is 12.7 Å². The highest BCUT2D eigenvalue weighted by molar-refractivity contribution is 6.04. The third kappa shape index (κ3) is 4.36. The van der Waals surface area contributed by atoms with Crippen molar-refractivity contribution in [2.45, 2.75) is 13.5 Å². The van der Waals surface area contributed by atoms with E-state index < -0.39 is 0 Å². The summed E-state index contributed by atoms with van der Waals surface area (Å²) in [5.74, 6) is -0.164. The summed E-state index contributed by atoms with van der Waals surface area (Å²) in [6.07, 6.45) is 1.68. The van der Waals surface area contributed by atoms with Crippen LogP contribution in [0.3, 0.4) is 0 Å². The molecule has 2 heterocycles. The molecule has 5 aromatic rings. The van der Waals surface area contributed by atoms with Gasteiger partial charge in [0, 0.05) is 11.3 Å². The van der Waals surface area contributed by atoms with E-state index in [4.69, 9.17) is 0 Å². The summed E-state index contributed by atoms with van der Waals surface area (Å²) < 4.78 is 17.1. The lowest BCUT2D eigenvalue weighted by Gasteiger charge is -2.11. The molecule has 6 nitrogen and oxygen atoms in total. The summed E-state index contributed by atoms with van der Waals surface area (Å²) in [5, 5.41) is 7.51. The van der Waals surface area contributed by atoms with E-state index in [0.29, 0.717) is 29.3 Å². The minimum atomic E-state index is -0.351. The van der Waals surface area contributed by atoms with Gasteiger partial charge in [-0.2, -0.15) is 5.10 Å². The first-order valence-corrected chi connectivity index (χ1v) is 10.9. The first kappa shape index (κ1) is 21.3. The molecule has 0 bridgehead atoms. The molecule has 0 atom stereocenters. The number of para-hydroxylation sites is 1. The molecular weight excluding hydrogens is 429 g/mol. The maximum absolute atomic E-state index is 13.5. The normalized spacial score (nSPS) is 10.9. The second-order valence-electron chi connectivity index (χ2n) is 7.93. The molecule has 168 valence electrons. The van der Waals surface area contributed by atoms with Crippen molar-refractivity contribution in [2.24, 2.45) is 0 Å². The monoisotopic (exact) mass is 451 g/mol. The smallest absolute Gasteiger partial charge is 0.277 e. The number of carbonyl (C=O) groups is 1. The van der Waals surface area contributed by atoms with Crippen molar-refractivity contribution in [3.05, 3.63) is 120 Å². The van der Waals surface area contributed by atoms with Gasteiger partial charge in [0.2, 0.25) is 0 Å². The van der Waals surface area contributed by atoms with Crippen LogP contribution in [0.5, 0.6) is 0 Å². The van der Waals surface area contributed by atoms with E-state index in [1.54, 1.807) is 29.2 Å². The van der Waals surface area contributed by atoms with Crippen molar-refractivity contribution >= 4 is 11.7 Å². The second kappa shape index (κ2) is 9.15. The van der Waals surface area contributed by atoms with E-state index in [0.717, 1.165) is 16.9 Å². The summed E-state index contributed by atoms with van der Waals surface area (Å²) in [5.41, 5.74) is 4.33. The number of amides is 1. The summed E-state index contributed by atoms with van der Waals surface area (Å²) in [6, 6.07) is 27.3. The molecule has 1 N–H and O–H groups in total. The van der Waals surface area contributed by atoms with Gasteiger partial charge in [-0.3, -0.25) is 4.79 Å². The number of imidazole rings is 1. The van der Waals surface area contributed by atoms with Crippen LogP contribution in [0.25, 0.3) is 16.9 Å². The maximum atomic E-state index is 13.5. The van der Waals surface area contributed by atoms with Gasteiger partial charge in [-0.1, -0.05) is 48.5 Å². The number of nitrogens with zero attached hydrogens (tertiary/aromatic N) is 4. The Kier molecular flexibility index (Phi) is 5.74. The zero-order chi connectivity index (χ0) is 23.5. The van der Waals surface area contributed by atoms with E-state index in [-0.39, 0.29) is 11.7 Å². The van der Waals surface area contributed by atoms with Crippen molar-refractivity contribution in [1.82, 2.24) is 19.3 Å². The molecule has 5 rings (SSSR count). The Hall–Kier alpha value is -4.52.